The summed E-state index contributed by atoms with van der Waals surface area (Å²) in [6.07, 6.45) is -2.94. The van der Waals surface area contributed by atoms with Crippen LogP contribution in [-0.2, 0) is 11.0 Å². The van der Waals surface area contributed by atoms with Crippen LogP contribution in [0.2, 0.25) is 0 Å². The first-order valence-electron chi connectivity index (χ1n) is 8.46. The molecule has 0 fully saturated rings. The van der Waals surface area contributed by atoms with Gasteiger partial charge in [-0.3, -0.25) is 9.59 Å². The first kappa shape index (κ1) is 21.5. The van der Waals surface area contributed by atoms with E-state index in [9.17, 15) is 27.2 Å². The van der Waals surface area contributed by atoms with Gasteiger partial charge in [0.15, 0.2) is 18.2 Å². The van der Waals surface area contributed by atoms with Crippen LogP contribution in [0, 0.1) is 5.82 Å². The summed E-state index contributed by atoms with van der Waals surface area (Å²) in [6, 6.07) is 5.51. The number of nitrogens with zero attached hydrogens (tertiary/aromatic N) is 3. The second kappa shape index (κ2) is 8.30. The topological polar surface area (TPSA) is 138 Å². The molecule has 0 atom stereocenters. The standard InChI is InChI=1S/C18H14F4N6O3/c19-11-2-1-3-12(15(11)31-8-13(23)29)28-16(24)10(7-26-28)17(30)27-14-5-4-9(6-25-14)18(20,21)22/h1-7H,8,24H2,(H2,23,29)(H,25,27,30). The predicted molar refractivity (Wildman–Crippen MR) is 99.8 cm³/mol. The molecule has 0 saturated heterocycles. The van der Waals surface area contributed by atoms with Crippen LogP contribution < -0.4 is 21.5 Å². The van der Waals surface area contributed by atoms with Gasteiger partial charge in [-0.25, -0.2) is 14.1 Å². The molecule has 0 radical (unpaired) electrons. The summed E-state index contributed by atoms with van der Waals surface area (Å²) in [7, 11) is 0. The van der Waals surface area contributed by atoms with Crippen molar-refractivity contribution in [3.8, 4) is 11.4 Å². The molecule has 13 heteroatoms. The zero-order valence-corrected chi connectivity index (χ0v) is 15.5. The number of primary amides is 1. The zero-order valence-electron chi connectivity index (χ0n) is 15.5. The average molecular weight is 438 g/mol. The van der Waals surface area contributed by atoms with E-state index in [-0.39, 0.29) is 28.6 Å². The van der Waals surface area contributed by atoms with E-state index in [0.717, 1.165) is 29.1 Å². The molecule has 9 nitrogen and oxygen atoms in total. The van der Waals surface area contributed by atoms with Crippen molar-refractivity contribution in [1.29, 1.82) is 0 Å². The summed E-state index contributed by atoms with van der Waals surface area (Å²) in [5, 5.41) is 6.21. The SMILES string of the molecule is NC(=O)COc1c(F)cccc1-n1ncc(C(=O)Nc2ccc(C(F)(F)F)cn2)c1N. The summed E-state index contributed by atoms with van der Waals surface area (Å²) in [5.41, 5.74) is 9.80. The Labute approximate surface area is 171 Å². The monoisotopic (exact) mass is 438 g/mol. The molecule has 0 bridgehead atoms. The summed E-state index contributed by atoms with van der Waals surface area (Å²) in [6.45, 7) is -0.609. The predicted octanol–water partition coefficient (Wildman–Crippen LogP) is 2.12. The van der Waals surface area contributed by atoms with Gasteiger partial charge in [-0.05, 0) is 24.3 Å². The first-order chi connectivity index (χ1) is 14.6. The maximum absolute atomic E-state index is 14.2. The molecule has 1 aromatic carbocycles. The quantitative estimate of drug-likeness (QED) is 0.504. The Morgan fingerprint density at radius 1 is 1.16 bits per heavy atom. The fraction of sp³-hybridized carbons (Fsp3) is 0.111. The maximum atomic E-state index is 14.2. The minimum Gasteiger partial charge on any atom is -0.478 e. The third-order valence-corrected chi connectivity index (χ3v) is 3.92. The average Bonchev–Trinajstić information content (AvgIpc) is 3.07. The van der Waals surface area contributed by atoms with E-state index in [1.807, 2.05) is 0 Å². The summed E-state index contributed by atoms with van der Waals surface area (Å²) >= 11 is 0. The Hall–Kier alpha value is -4.16. The van der Waals surface area contributed by atoms with Gasteiger partial charge in [0.25, 0.3) is 11.8 Å². The van der Waals surface area contributed by atoms with Crippen LogP contribution in [0.5, 0.6) is 5.75 Å². The highest BCUT2D eigenvalue weighted by Crippen LogP contribution is 2.30. The molecular formula is C18H14F4N6O3. The number of hydrogen-bond donors (Lipinski definition) is 3. The van der Waals surface area contributed by atoms with Gasteiger partial charge < -0.3 is 21.5 Å². The van der Waals surface area contributed by atoms with E-state index in [0.29, 0.717) is 6.20 Å². The Morgan fingerprint density at radius 3 is 2.52 bits per heavy atom. The van der Waals surface area contributed by atoms with Crippen LogP contribution in [-0.4, -0.2) is 33.2 Å². The number of alkyl halides is 3. The molecule has 3 rings (SSSR count). The number of amides is 2. The van der Waals surface area contributed by atoms with Crippen LogP contribution in [0.1, 0.15) is 15.9 Å². The molecule has 2 amide bonds. The largest absolute Gasteiger partial charge is 0.478 e. The van der Waals surface area contributed by atoms with E-state index < -0.39 is 36.0 Å². The van der Waals surface area contributed by atoms with Crippen molar-refractivity contribution in [3.63, 3.8) is 0 Å². The van der Waals surface area contributed by atoms with E-state index in [2.05, 4.69) is 15.4 Å². The molecule has 0 unspecified atom stereocenters. The maximum Gasteiger partial charge on any atom is 0.417 e. The number of rotatable bonds is 6. The van der Waals surface area contributed by atoms with E-state index in [4.69, 9.17) is 16.2 Å². The molecule has 0 aliphatic rings. The Kier molecular flexibility index (Phi) is 5.77. The number of carbonyl (C=O) groups excluding carboxylic acids is 2. The molecule has 2 aromatic heterocycles. The van der Waals surface area contributed by atoms with Crippen molar-refractivity contribution < 1.29 is 31.9 Å². The second-order valence-electron chi connectivity index (χ2n) is 6.08. The Balaban J connectivity index is 1.86. The van der Waals surface area contributed by atoms with Crippen molar-refractivity contribution in [2.75, 3.05) is 17.7 Å². The molecular weight excluding hydrogens is 424 g/mol. The van der Waals surface area contributed by atoms with Gasteiger partial charge in [0, 0.05) is 6.20 Å². The number of aromatic nitrogens is 3. The molecule has 0 spiro atoms. The Bertz CT molecular complexity index is 1130. The minimum atomic E-state index is -4.57. The molecule has 0 aliphatic heterocycles. The fourth-order valence-corrected chi connectivity index (χ4v) is 2.49. The third kappa shape index (κ3) is 4.71. The normalized spacial score (nSPS) is 11.2. The van der Waals surface area contributed by atoms with Crippen molar-refractivity contribution >= 4 is 23.5 Å². The van der Waals surface area contributed by atoms with E-state index in [1.165, 1.54) is 12.1 Å². The van der Waals surface area contributed by atoms with Crippen molar-refractivity contribution in [3.05, 3.63) is 59.7 Å². The smallest absolute Gasteiger partial charge is 0.417 e. The highest BCUT2D eigenvalue weighted by molar-refractivity contribution is 6.06. The minimum absolute atomic E-state index is 0.00884. The van der Waals surface area contributed by atoms with Crippen LogP contribution >= 0.6 is 0 Å². The number of nitrogens with one attached hydrogen (secondary N) is 1. The number of para-hydroxylation sites is 1. The Morgan fingerprint density at radius 2 is 1.90 bits per heavy atom. The van der Waals surface area contributed by atoms with Gasteiger partial charge in [0.1, 0.15) is 22.9 Å². The second-order valence-corrected chi connectivity index (χ2v) is 6.08. The lowest BCUT2D eigenvalue weighted by Gasteiger charge is -2.12. The van der Waals surface area contributed by atoms with Gasteiger partial charge >= 0.3 is 6.18 Å². The molecule has 31 heavy (non-hydrogen) atoms. The van der Waals surface area contributed by atoms with Crippen molar-refractivity contribution in [2.24, 2.45) is 5.73 Å². The summed E-state index contributed by atoms with van der Waals surface area (Å²) < 4.78 is 58.0. The number of hydrogen-bond acceptors (Lipinski definition) is 6. The number of carbonyl (C=O) groups is 2. The van der Waals surface area contributed by atoms with Crippen LogP contribution in [0.15, 0.2) is 42.7 Å². The number of halogens is 4. The number of nitrogen functional groups attached to an aromatic ring is 1. The molecule has 5 N–H and O–H groups in total. The fourth-order valence-electron chi connectivity index (χ4n) is 2.49. The lowest BCUT2D eigenvalue weighted by atomic mass is 10.2. The zero-order chi connectivity index (χ0) is 22.8. The third-order valence-electron chi connectivity index (χ3n) is 3.92. The van der Waals surface area contributed by atoms with E-state index >= 15 is 0 Å². The highest BCUT2D eigenvalue weighted by Gasteiger charge is 2.30. The molecule has 3 aromatic rings. The number of nitrogens with two attached hydrogens (primary N) is 2. The van der Waals surface area contributed by atoms with Gasteiger partial charge in [-0.1, -0.05) is 6.07 Å². The number of ether oxygens (including phenoxy) is 1. The lowest BCUT2D eigenvalue weighted by Crippen LogP contribution is -2.21. The molecule has 0 aliphatic carbocycles. The highest BCUT2D eigenvalue weighted by atomic mass is 19.4. The first-order valence-corrected chi connectivity index (χ1v) is 8.46. The van der Waals surface area contributed by atoms with Gasteiger partial charge in [-0.2, -0.15) is 18.3 Å². The van der Waals surface area contributed by atoms with Gasteiger partial charge in [0.05, 0.1) is 11.8 Å². The number of pyridine rings is 1. The summed E-state index contributed by atoms with van der Waals surface area (Å²) in [5.74, 6) is -3.22. The van der Waals surface area contributed by atoms with Crippen molar-refractivity contribution in [2.45, 2.75) is 6.18 Å². The van der Waals surface area contributed by atoms with E-state index in [1.54, 1.807) is 0 Å². The van der Waals surface area contributed by atoms with Crippen LogP contribution in [0.25, 0.3) is 5.69 Å². The van der Waals surface area contributed by atoms with Crippen LogP contribution in [0.4, 0.5) is 29.2 Å². The number of benzene rings is 1. The summed E-state index contributed by atoms with van der Waals surface area (Å²) in [4.78, 5) is 26.9. The number of anilines is 2. The molecule has 0 saturated carbocycles. The lowest BCUT2D eigenvalue weighted by molar-refractivity contribution is -0.137. The molecule has 2 heterocycles. The van der Waals surface area contributed by atoms with Crippen LogP contribution in [0.3, 0.4) is 0 Å². The van der Waals surface area contributed by atoms with Gasteiger partial charge in [0.2, 0.25) is 0 Å². The van der Waals surface area contributed by atoms with Crippen molar-refractivity contribution in [1.82, 2.24) is 14.8 Å². The molecule has 162 valence electrons. The van der Waals surface area contributed by atoms with Gasteiger partial charge in [-0.15, -0.1) is 0 Å².